The molecule has 18 heteroatoms. The molecule has 3 atom stereocenters. The summed E-state index contributed by atoms with van der Waals surface area (Å²) in [6.07, 6.45) is -4.69. The molecule has 0 fully saturated rings. The maximum absolute atomic E-state index is 15.1. The number of hydrogen-bond donors (Lipinski definition) is 3. The largest absolute Gasteiger partial charge is 0.487 e. The van der Waals surface area contributed by atoms with Crippen LogP contribution in [-0.2, 0) is 16.9 Å². The number of hydrogen-bond acceptors (Lipinski definition) is 7. The number of halogens is 7. The van der Waals surface area contributed by atoms with E-state index in [-0.39, 0.29) is 23.0 Å². The molecular formula is C27H29F7N6O4S. The number of aromatic nitrogens is 3. The molecule has 1 amide bonds. The number of aliphatic hydroxyl groups is 1. The van der Waals surface area contributed by atoms with E-state index < -0.39 is 66.8 Å². The van der Waals surface area contributed by atoms with E-state index in [9.17, 15) is 36.2 Å². The highest BCUT2D eigenvalue weighted by Gasteiger charge is 2.44. The number of nitrogens with zero attached hydrogens (tertiary/aromatic N) is 4. The van der Waals surface area contributed by atoms with Crippen molar-refractivity contribution in [2.24, 2.45) is 0 Å². The molecule has 0 spiro atoms. The monoisotopic (exact) mass is 666 g/mol. The van der Waals surface area contributed by atoms with Gasteiger partial charge >= 0.3 is 18.4 Å². The summed E-state index contributed by atoms with van der Waals surface area (Å²) in [5.74, 6) is -6.64. The molecule has 1 heterocycles. The molecule has 0 saturated heterocycles. The van der Waals surface area contributed by atoms with Crippen LogP contribution in [0.25, 0.3) is 0 Å². The number of carbonyl (C=O) groups excluding carboxylic acids is 1. The van der Waals surface area contributed by atoms with E-state index >= 15 is 4.39 Å². The van der Waals surface area contributed by atoms with Crippen molar-refractivity contribution in [3.63, 3.8) is 0 Å². The Balaban J connectivity index is 1.93. The summed E-state index contributed by atoms with van der Waals surface area (Å²) in [5.41, 5.74) is -0.388. The number of thiocarbonyl (C=S) groups is 1. The highest BCUT2D eigenvalue weighted by atomic mass is 32.1. The Morgan fingerprint density at radius 3 is 2.42 bits per heavy atom. The number of nitrogens with one attached hydrogen (secondary N) is 2. The van der Waals surface area contributed by atoms with Crippen molar-refractivity contribution in [3.8, 4) is 5.75 Å². The average Bonchev–Trinajstić information content (AvgIpc) is 3.47. The van der Waals surface area contributed by atoms with Crippen LogP contribution >= 0.6 is 12.2 Å². The van der Waals surface area contributed by atoms with E-state index in [1.165, 1.54) is 25.4 Å². The zero-order chi connectivity index (χ0) is 33.4. The molecule has 246 valence electrons. The standard InChI is InChI=1S/C27H29F7N6O4S/c1-3-4-22(30)44-25(41)38-40(24(45)37-18-6-8-19(9-7-18)43-13-27(33,34)23(31)32)16(2)26(42,12-39-15-35-14-36-39)20-10-5-17(28)11-21(20)29/h5-11,14-16,22-23,42H,3-4,12-13H2,1-2H3,(H,37,45)(H,38,41)/t16-,22?,26-/m1/s1. The van der Waals surface area contributed by atoms with E-state index in [1.807, 2.05) is 0 Å². The van der Waals surface area contributed by atoms with Crippen LogP contribution in [-0.4, -0.2) is 67.4 Å². The van der Waals surface area contributed by atoms with E-state index in [1.54, 1.807) is 6.92 Å². The maximum Gasteiger partial charge on any atom is 0.428 e. The number of ether oxygens (including phenoxy) is 2. The number of amides is 1. The van der Waals surface area contributed by atoms with Crippen LogP contribution in [0.5, 0.6) is 5.75 Å². The highest BCUT2D eigenvalue weighted by Crippen LogP contribution is 2.33. The first-order chi connectivity index (χ1) is 21.2. The van der Waals surface area contributed by atoms with Gasteiger partial charge in [0.25, 0.3) is 0 Å². The molecule has 2 aromatic carbocycles. The molecule has 3 rings (SSSR count). The van der Waals surface area contributed by atoms with Gasteiger partial charge in [-0.2, -0.15) is 13.9 Å². The first-order valence-electron chi connectivity index (χ1n) is 13.3. The second-order valence-electron chi connectivity index (χ2n) is 9.71. The SMILES string of the molecule is CCCC(F)OC(=O)NN(C(=S)Nc1ccc(OCC(F)(F)C(F)F)cc1)[C@H](C)[C@](O)(Cn1cncn1)c1ccc(F)cc1F. The first kappa shape index (κ1) is 35.3. The molecule has 10 nitrogen and oxygen atoms in total. The van der Waals surface area contributed by atoms with Gasteiger partial charge < -0.3 is 19.9 Å². The summed E-state index contributed by atoms with van der Waals surface area (Å²) in [7, 11) is 0. The fraction of sp³-hybridized carbons (Fsp3) is 0.407. The van der Waals surface area contributed by atoms with Crippen molar-refractivity contribution < 1.29 is 50.1 Å². The molecule has 0 aliphatic carbocycles. The number of anilines is 1. The van der Waals surface area contributed by atoms with Crippen molar-refractivity contribution in [2.45, 2.75) is 63.6 Å². The first-order valence-corrected chi connectivity index (χ1v) is 13.7. The Hall–Kier alpha value is -4.19. The summed E-state index contributed by atoms with van der Waals surface area (Å²) < 4.78 is 105. The third-order valence-corrected chi connectivity index (χ3v) is 6.68. The smallest absolute Gasteiger partial charge is 0.428 e. The molecule has 0 aliphatic rings. The maximum atomic E-state index is 15.1. The second kappa shape index (κ2) is 15.2. The van der Waals surface area contributed by atoms with Crippen LogP contribution in [0.15, 0.2) is 55.1 Å². The van der Waals surface area contributed by atoms with Crippen molar-refractivity contribution in [1.29, 1.82) is 0 Å². The summed E-state index contributed by atoms with van der Waals surface area (Å²) in [5, 5.41) is 19.1. The van der Waals surface area contributed by atoms with Crippen LogP contribution in [0.3, 0.4) is 0 Å². The summed E-state index contributed by atoms with van der Waals surface area (Å²) in [4.78, 5) is 16.5. The van der Waals surface area contributed by atoms with Gasteiger partial charge in [0.05, 0.1) is 12.6 Å². The van der Waals surface area contributed by atoms with Crippen molar-refractivity contribution in [2.75, 3.05) is 11.9 Å². The molecule has 3 N–H and O–H groups in total. The normalized spacial score (nSPS) is 14.3. The Kier molecular flexibility index (Phi) is 11.9. The van der Waals surface area contributed by atoms with Crippen LogP contribution in [0.1, 0.15) is 32.3 Å². The Morgan fingerprint density at radius 1 is 1.16 bits per heavy atom. The van der Waals surface area contributed by atoms with E-state index in [4.69, 9.17) is 21.7 Å². The zero-order valence-corrected chi connectivity index (χ0v) is 24.6. The lowest BCUT2D eigenvalue weighted by atomic mass is 9.86. The Labute approximate surface area is 258 Å². The predicted molar refractivity (Wildman–Crippen MR) is 150 cm³/mol. The number of carbonyl (C=O) groups is 1. The molecule has 1 unspecified atom stereocenters. The molecule has 0 bridgehead atoms. The quantitative estimate of drug-likeness (QED) is 0.123. The van der Waals surface area contributed by atoms with Gasteiger partial charge in [0.15, 0.2) is 11.7 Å². The molecular weight excluding hydrogens is 637 g/mol. The second-order valence-corrected chi connectivity index (χ2v) is 10.1. The molecule has 0 aliphatic heterocycles. The fourth-order valence-corrected chi connectivity index (χ4v) is 4.29. The molecule has 45 heavy (non-hydrogen) atoms. The Morgan fingerprint density at radius 2 is 1.84 bits per heavy atom. The Bertz CT molecular complexity index is 1420. The van der Waals surface area contributed by atoms with E-state index in [2.05, 4.69) is 20.8 Å². The minimum Gasteiger partial charge on any atom is -0.487 e. The van der Waals surface area contributed by atoms with Crippen LogP contribution in [0.2, 0.25) is 0 Å². The van der Waals surface area contributed by atoms with Crippen LogP contribution in [0, 0.1) is 11.6 Å². The van der Waals surface area contributed by atoms with Gasteiger partial charge in [-0.25, -0.2) is 41.8 Å². The van der Waals surface area contributed by atoms with Crippen molar-refractivity contribution >= 4 is 29.1 Å². The van der Waals surface area contributed by atoms with Crippen molar-refractivity contribution in [3.05, 3.63) is 72.3 Å². The highest BCUT2D eigenvalue weighted by molar-refractivity contribution is 7.80. The van der Waals surface area contributed by atoms with Gasteiger partial charge in [0.2, 0.25) is 6.36 Å². The molecule has 0 radical (unpaired) electrons. The zero-order valence-electron chi connectivity index (χ0n) is 23.8. The lowest BCUT2D eigenvalue weighted by molar-refractivity contribution is -0.148. The lowest BCUT2D eigenvalue weighted by Gasteiger charge is -2.41. The number of rotatable bonds is 13. The van der Waals surface area contributed by atoms with Gasteiger partial charge in [-0.1, -0.05) is 13.0 Å². The van der Waals surface area contributed by atoms with E-state index in [0.29, 0.717) is 12.5 Å². The molecule has 1 aromatic heterocycles. The van der Waals surface area contributed by atoms with Gasteiger partial charge in [0, 0.05) is 23.7 Å². The van der Waals surface area contributed by atoms with Gasteiger partial charge in [0.1, 0.15) is 35.6 Å². The summed E-state index contributed by atoms with van der Waals surface area (Å²) in [6, 6.07) is 5.85. The van der Waals surface area contributed by atoms with Crippen LogP contribution in [0.4, 0.5) is 41.2 Å². The summed E-state index contributed by atoms with van der Waals surface area (Å²) in [6.45, 7) is 0.894. The predicted octanol–water partition coefficient (Wildman–Crippen LogP) is 5.55. The van der Waals surface area contributed by atoms with Crippen molar-refractivity contribution in [1.82, 2.24) is 25.2 Å². The third-order valence-electron chi connectivity index (χ3n) is 6.38. The minimum absolute atomic E-state index is 0.125. The van der Waals surface area contributed by atoms with Gasteiger partial charge in [-0.3, -0.25) is 5.01 Å². The number of hydrazine groups is 1. The van der Waals surface area contributed by atoms with Gasteiger partial charge in [-0.15, -0.1) is 0 Å². The summed E-state index contributed by atoms with van der Waals surface area (Å²) >= 11 is 5.44. The minimum atomic E-state index is -4.38. The lowest BCUT2D eigenvalue weighted by Crippen LogP contribution is -2.61. The van der Waals surface area contributed by atoms with Gasteiger partial charge in [-0.05, 0) is 55.9 Å². The number of alkyl halides is 5. The molecule has 0 saturated carbocycles. The fourth-order valence-electron chi connectivity index (χ4n) is 3.97. The number of benzene rings is 2. The van der Waals surface area contributed by atoms with E-state index in [0.717, 1.165) is 40.3 Å². The van der Waals surface area contributed by atoms with Crippen LogP contribution < -0.4 is 15.5 Å². The molecule has 3 aromatic rings. The third kappa shape index (κ3) is 9.40. The topological polar surface area (TPSA) is 114 Å². The average molecular weight is 667 g/mol.